The third kappa shape index (κ3) is 6.76. The van der Waals surface area contributed by atoms with E-state index < -0.39 is 0 Å². The first-order valence-electron chi connectivity index (χ1n) is 6.37. The molecular formula is C14H21BrFNS. The molecule has 0 aliphatic rings. The Hall–Kier alpha value is -0.0600. The SMILES string of the molecule is CSCCCCCCNCc1ccc(F)c(Br)c1. The number of halogens is 2. The number of rotatable bonds is 9. The number of unbranched alkanes of at least 4 members (excludes halogenated alkanes) is 3. The predicted molar refractivity (Wildman–Crippen MR) is 82.7 cm³/mol. The third-order valence-corrected chi connectivity index (χ3v) is 4.07. The third-order valence-electron chi connectivity index (χ3n) is 2.77. The molecule has 102 valence electrons. The summed E-state index contributed by atoms with van der Waals surface area (Å²) < 4.78 is 13.6. The molecule has 1 aromatic carbocycles. The number of nitrogens with one attached hydrogen (secondary N) is 1. The first kappa shape index (κ1) is 16.0. The Bertz CT molecular complexity index is 347. The monoisotopic (exact) mass is 333 g/mol. The summed E-state index contributed by atoms with van der Waals surface area (Å²) in [4.78, 5) is 0. The summed E-state index contributed by atoms with van der Waals surface area (Å²) >= 11 is 5.12. The molecule has 18 heavy (non-hydrogen) atoms. The van der Waals surface area contributed by atoms with E-state index in [4.69, 9.17) is 0 Å². The number of benzene rings is 1. The van der Waals surface area contributed by atoms with E-state index in [0.29, 0.717) is 4.47 Å². The van der Waals surface area contributed by atoms with E-state index in [1.165, 1.54) is 37.5 Å². The molecule has 0 heterocycles. The van der Waals surface area contributed by atoms with Crippen molar-refractivity contribution >= 4 is 27.7 Å². The van der Waals surface area contributed by atoms with Gasteiger partial charge in [0.05, 0.1) is 4.47 Å². The van der Waals surface area contributed by atoms with Gasteiger partial charge in [0.2, 0.25) is 0 Å². The number of hydrogen-bond acceptors (Lipinski definition) is 2. The maximum Gasteiger partial charge on any atom is 0.137 e. The summed E-state index contributed by atoms with van der Waals surface area (Å²) in [5.41, 5.74) is 1.12. The highest BCUT2D eigenvalue weighted by atomic mass is 79.9. The Morgan fingerprint density at radius 1 is 1.22 bits per heavy atom. The highest BCUT2D eigenvalue weighted by Gasteiger charge is 1.99. The van der Waals surface area contributed by atoms with Crippen LogP contribution in [0.25, 0.3) is 0 Å². The highest BCUT2D eigenvalue weighted by Crippen LogP contribution is 2.16. The van der Waals surface area contributed by atoms with Gasteiger partial charge in [-0.15, -0.1) is 0 Å². The summed E-state index contributed by atoms with van der Waals surface area (Å²) in [6, 6.07) is 5.16. The largest absolute Gasteiger partial charge is 0.313 e. The molecule has 0 saturated heterocycles. The lowest BCUT2D eigenvalue weighted by molar-refractivity contribution is 0.596. The van der Waals surface area contributed by atoms with Crippen molar-refractivity contribution in [1.29, 1.82) is 0 Å². The van der Waals surface area contributed by atoms with Crippen molar-refractivity contribution in [1.82, 2.24) is 5.32 Å². The van der Waals surface area contributed by atoms with Gasteiger partial charge in [0, 0.05) is 6.54 Å². The van der Waals surface area contributed by atoms with Crippen molar-refractivity contribution in [3.8, 4) is 0 Å². The molecule has 0 spiro atoms. The van der Waals surface area contributed by atoms with Gasteiger partial charge in [-0.25, -0.2) is 4.39 Å². The fourth-order valence-corrected chi connectivity index (χ4v) is 2.65. The van der Waals surface area contributed by atoms with Crippen molar-refractivity contribution in [3.63, 3.8) is 0 Å². The van der Waals surface area contributed by atoms with Crippen LogP contribution in [0.2, 0.25) is 0 Å². The van der Waals surface area contributed by atoms with Gasteiger partial charge in [-0.1, -0.05) is 18.9 Å². The molecule has 4 heteroatoms. The average molecular weight is 334 g/mol. The van der Waals surface area contributed by atoms with Gasteiger partial charge >= 0.3 is 0 Å². The zero-order chi connectivity index (χ0) is 13.2. The first-order chi connectivity index (χ1) is 8.74. The number of hydrogen-bond donors (Lipinski definition) is 1. The van der Waals surface area contributed by atoms with Crippen LogP contribution in [-0.2, 0) is 6.54 Å². The Labute approximate surface area is 122 Å². The molecule has 0 aliphatic carbocycles. The van der Waals surface area contributed by atoms with Crippen molar-refractivity contribution < 1.29 is 4.39 Å². The molecule has 0 bridgehead atoms. The van der Waals surface area contributed by atoms with E-state index in [1.54, 1.807) is 0 Å². The standard InChI is InChI=1S/C14H21BrFNS/c1-18-9-5-3-2-4-8-17-11-12-6-7-14(16)13(15)10-12/h6-7,10,17H,2-5,8-9,11H2,1H3. The molecule has 0 atom stereocenters. The second kappa shape index (κ2) is 9.82. The van der Waals surface area contributed by atoms with E-state index in [0.717, 1.165) is 18.7 Å². The van der Waals surface area contributed by atoms with Crippen LogP contribution in [0.3, 0.4) is 0 Å². The quantitative estimate of drug-likeness (QED) is 0.662. The number of thioether (sulfide) groups is 1. The molecule has 1 rings (SSSR count). The molecule has 0 amide bonds. The maximum absolute atomic E-state index is 13.0. The lowest BCUT2D eigenvalue weighted by Crippen LogP contribution is -2.14. The summed E-state index contributed by atoms with van der Waals surface area (Å²) in [7, 11) is 0. The molecule has 1 nitrogen and oxygen atoms in total. The smallest absolute Gasteiger partial charge is 0.137 e. The molecule has 0 saturated carbocycles. The minimum atomic E-state index is -0.201. The normalized spacial score (nSPS) is 10.8. The van der Waals surface area contributed by atoms with Gasteiger partial charge in [-0.3, -0.25) is 0 Å². The van der Waals surface area contributed by atoms with Gasteiger partial charge < -0.3 is 5.32 Å². The minimum absolute atomic E-state index is 0.201. The topological polar surface area (TPSA) is 12.0 Å². The lowest BCUT2D eigenvalue weighted by Gasteiger charge is -2.06. The van der Waals surface area contributed by atoms with Gasteiger partial charge in [-0.2, -0.15) is 11.8 Å². The highest BCUT2D eigenvalue weighted by molar-refractivity contribution is 9.10. The average Bonchev–Trinajstić information content (AvgIpc) is 2.37. The fraction of sp³-hybridized carbons (Fsp3) is 0.571. The Morgan fingerprint density at radius 2 is 2.00 bits per heavy atom. The maximum atomic E-state index is 13.0. The van der Waals surface area contributed by atoms with E-state index in [2.05, 4.69) is 27.5 Å². The molecule has 0 aliphatic heterocycles. The molecule has 1 aromatic rings. The van der Waals surface area contributed by atoms with E-state index >= 15 is 0 Å². The van der Waals surface area contributed by atoms with E-state index in [-0.39, 0.29) is 5.82 Å². The molecular weight excluding hydrogens is 313 g/mol. The van der Waals surface area contributed by atoms with Crippen LogP contribution in [-0.4, -0.2) is 18.6 Å². The Kier molecular flexibility index (Phi) is 8.72. The Balaban J connectivity index is 2.05. The van der Waals surface area contributed by atoms with Crippen molar-refractivity contribution in [2.24, 2.45) is 0 Å². The first-order valence-corrected chi connectivity index (χ1v) is 8.56. The van der Waals surface area contributed by atoms with Crippen LogP contribution < -0.4 is 5.32 Å². The van der Waals surface area contributed by atoms with Crippen LogP contribution in [0.5, 0.6) is 0 Å². The van der Waals surface area contributed by atoms with Gasteiger partial charge in [0.25, 0.3) is 0 Å². The predicted octanol–water partition coefficient (Wildman–Crippen LogP) is 4.60. The molecule has 0 aromatic heterocycles. The molecule has 0 fully saturated rings. The zero-order valence-corrected chi connectivity index (χ0v) is 13.2. The zero-order valence-electron chi connectivity index (χ0n) is 10.8. The van der Waals surface area contributed by atoms with Crippen LogP contribution in [0.4, 0.5) is 4.39 Å². The van der Waals surface area contributed by atoms with Gasteiger partial charge in [0.1, 0.15) is 5.82 Å². The summed E-state index contributed by atoms with van der Waals surface area (Å²) in [6.45, 7) is 1.85. The Morgan fingerprint density at radius 3 is 2.72 bits per heavy atom. The van der Waals surface area contributed by atoms with Crippen molar-refractivity contribution in [3.05, 3.63) is 34.1 Å². The van der Waals surface area contributed by atoms with Crippen molar-refractivity contribution in [2.75, 3.05) is 18.6 Å². The second-order valence-corrected chi connectivity index (χ2v) is 6.17. The summed E-state index contributed by atoms with van der Waals surface area (Å²) in [5, 5.41) is 3.39. The van der Waals surface area contributed by atoms with Crippen LogP contribution >= 0.6 is 27.7 Å². The second-order valence-electron chi connectivity index (χ2n) is 4.33. The molecule has 0 radical (unpaired) electrons. The van der Waals surface area contributed by atoms with Gasteiger partial charge in [0.15, 0.2) is 0 Å². The van der Waals surface area contributed by atoms with E-state index in [9.17, 15) is 4.39 Å². The minimum Gasteiger partial charge on any atom is -0.313 e. The van der Waals surface area contributed by atoms with Crippen LogP contribution in [0.1, 0.15) is 31.2 Å². The lowest BCUT2D eigenvalue weighted by atomic mass is 10.2. The molecule has 0 unspecified atom stereocenters. The van der Waals surface area contributed by atoms with Crippen LogP contribution in [0, 0.1) is 5.82 Å². The summed E-state index contributed by atoms with van der Waals surface area (Å²) in [5.74, 6) is 1.07. The molecule has 1 N–H and O–H groups in total. The fourth-order valence-electron chi connectivity index (χ4n) is 1.73. The van der Waals surface area contributed by atoms with Gasteiger partial charge in [-0.05, 0) is 65.0 Å². The van der Waals surface area contributed by atoms with Crippen LogP contribution in [0.15, 0.2) is 22.7 Å². The van der Waals surface area contributed by atoms with Crippen molar-refractivity contribution in [2.45, 2.75) is 32.2 Å². The van der Waals surface area contributed by atoms with E-state index in [1.807, 2.05) is 23.9 Å². The summed E-state index contributed by atoms with van der Waals surface area (Å²) in [6.07, 6.45) is 7.32.